The van der Waals surface area contributed by atoms with Crippen LogP contribution >= 0.6 is 0 Å². The molecule has 0 radical (unpaired) electrons. The molecule has 3 saturated heterocycles. The molecule has 0 aromatic rings. The minimum atomic E-state index is -1.75. The highest BCUT2D eigenvalue weighted by atomic mass is 16.7. The van der Waals surface area contributed by atoms with Crippen LogP contribution in [0.4, 0.5) is 0 Å². The van der Waals surface area contributed by atoms with Gasteiger partial charge in [-0.25, -0.2) is 0 Å². The number of ether oxygens (including phenoxy) is 6. The lowest BCUT2D eigenvalue weighted by atomic mass is 9.34. The van der Waals surface area contributed by atoms with Crippen molar-refractivity contribution in [1.29, 1.82) is 0 Å². The SMILES string of the molecule is CC(C)=CCCC(C)(OC1OC(COC2OC(CO)C(O)C(O)C2O)C(O)C(O)C1O)C1CCC2(C)C1C(O)CC1C3(C)C(O)CC(OC4OC(CO)C(O)C(O)C4O)C(C)(C)C3CCC12C. The summed E-state index contributed by atoms with van der Waals surface area (Å²) in [5, 5.41) is 141. The minimum Gasteiger partial charge on any atom is -0.394 e. The van der Waals surface area contributed by atoms with E-state index in [2.05, 4.69) is 40.7 Å². The van der Waals surface area contributed by atoms with E-state index in [-0.39, 0.29) is 35.5 Å². The molecule has 67 heavy (non-hydrogen) atoms. The van der Waals surface area contributed by atoms with E-state index in [0.717, 1.165) is 18.4 Å². The lowest BCUT2D eigenvalue weighted by Gasteiger charge is -2.71. The Morgan fingerprint density at radius 2 is 1.15 bits per heavy atom. The minimum absolute atomic E-state index is 0.108. The zero-order chi connectivity index (χ0) is 49.5. The van der Waals surface area contributed by atoms with Crippen LogP contribution in [0.5, 0.6) is 0 Å². The first-order valence-corrected chi connectivity index (χ1v) is 24.5. The first-order chi connectivity index (χ1) is 31.2. The van der Waals surface area contributed by atoms with E-state index in [4.69, 9.17) is 28.4 Å². The highest BCUT2D eigenvalue weighted by Gasteiger charge is 2.73. The Morgan fingerprint density at radius 3 is 1.73 bits per heavy atom. The molecule has 3 heterocycles. The van der Waals surface area contributed by atoms with Gasteiger partial charge in [-0.2, -0.15) is 0 Å². The molecule has 7 fully saturated rings. The fourth-order valence-electron chi connectivity index (χ4n) is 14.7. The maximum atomic E-state index is 12.7. The van der Waals surface area contributed by atoms with Gasteiger partial charge in [0.1, 0.15) is 73.2 Å². The Bertz CT molecular complexity index is 1710. The molecular formula is C48H82O19. The summed E-state index contributed by atoms with van der Waals surface area (Å²) in [6.45, 7) is 15.0. The third-order valence-corrected chi connectivity index (χ3v) is 18.9. The van der Waals surface area contributed by atoms with Gasteiger partial charge in [-0.3, -0.25) is 0 Å². The standard InChI is InChI=1S/C48H82O19/c1-21(2)10-9-13-47(7,67-43-40(61)37(58)34(55)26(65-43)20-62-41-38(59)35(56)32(53)24(18-49)63-41)22-11-14-46(6)31(22)23(51)16-28-45(46,5)15-12-27-44(3,4)30(17-29(52)48(27,28)8)66-42-39(60)36(57)33(54)25(19-50)64-42/h10,22-43,49-61H,9,11-20H2,1-8H3. The summed E-state index contributed by atoms with van der Waals surface area (Å²) >= 11 is 0. The zero-order valence-electron chi connectivity index (χ0n) is 40.3. The van der Waals surface area contributed by atoms with Crippen molar-refractivity contribution < 1.29 is 94.8 Å². The highest BCUT2D eigenvalue weighted by molar-refractivity contribution is 5.22. The molecule has 0 aromatic carbocycles. The smallest absolute Gasteiger partial charge is 0.187 e. The van der Waals surface area contributed by atoms with Crippen molar-refractivity contribution in [3.63, 3.8) is 0 Å². The molecular weight excluding hydrogens is 881 g/mol. The quantitative estimate of drug-likeness (QED) is 0.0773. The number of aliphatic hydroxyl groups excluding tert-OH is 13. The maximum Gasteiger partial charge on any atom is 0.187 e. The predicted octanol–water partition coefficient (Wildman–Crippen LogP) is -1.06. The third-order valence-electron chi connectivity index (χ3n) is 18.9. The summed E-state index contributed by atoms with van der Waals surface area (Å²) in [6.07, 6.45) is -18.8. The molecule has 0 aromatic heterocycles. The van der Waals surface area contributed by atoms with Crippen LogP contribution in [0.25, 0.3) is 0 Å². The van der Waals surface area contributed by atoms with Crippen molar-refractivity contribution in [2.75, 3.05) is 19.8 Å². The van der Waals surface area contributed by atoms with Crippen LogP contribution in [0.15, 0.2) is 11.6 Å². The van der Waals surface area contributed by atoms with Gasteiger partial charge >= 0.3 is 0 Å². The normalized spacial score (nSPS) is 52.9. The van der Waals surface area contributed by atoms with E-state index in [9.17, 15) is 66.4 Å². The lowest BCUT2D eigenvalue weighted by molar-refractivity contribution is -0.351. The topological polar surface area (TPSA) is 318 Å². The second-order valence-corrected chi connectivity index (χ2v) is 23.0. The molecule has 7 aliphatic rings. The summed E-state index contributed by atoms with van der Waals surface area (Å²) in [4.78, 5) is 0. The summed E-state index contributed by atoms with van der Waals surface area (Å²) < 4.78 is 36.4. The number of hydrogen-bond donors (Lipinski definition) is 13. The van der Waals surface area contributed by atoms with Crippen molar-refractivity contribution >= 4 is 0 Å². The lowest BCUT2D eigenvalue weighted by Crippen LogP contribution is -2.70. The van der Waals surface area contributed by atoms with E-state index in [1.54, 1.807) is 0 Å². The van der Waals surface area contributed by atoms with Gasteiger partial charge in [0.05, 0.1) is 43.7 Å². The molecule has 0 amide bonds. The van der Waals surface area contributed by atoms with Gasteiger partial charge in [0.2, 0.25) is 0 Å². The van der Waals surface area contributed by atoms with Gasteiger partial charge < -0.3 is 94.8 Å². The molecule has 13 N–H and O–H groups in total. The van der Waals surface area contributed by atoms with Crippen molar-refractivity contribution in [1.82, 2.24) is 0 Å². The number of rotatable bonds is 13. The molecule has 3 aliphatic heterocycles. The van der Waals surface area contributed by atoms with E-state index in [1.807, 2.05) is 20.8 Å². The van der Waals surface area contributed by atoms with Gasteiger partial charge in [-0.1, -0.05) is 46.3 Å². The largest absolute Gasteiger partial charge is 0.394 e. The van der Waals surface area contributed by atoms with Crippen molar-refractivity contribution in [2.24, 2.45) is 45.3 Å². The highest BCUT2D eigenvalue weighted by Crippen LogP contribution is 2.76. The Morgan fingerprint density at radius 1 is 0.627 bits per heavy atom. The van der Waals surface area contributed by atoms with Gasteiger partial charge in [0.15, 0.2) is 18.9 Å². The Hall–Kier alpha value is -1.02. The van der Waals surface area contributed by atoms with Crippen LogP contribution in [0.1, 0.15) is 107 Å². The summed E-state index contributed by atoms with van der Waals surface area (Å²) in [6, 6.07) is 0. The van der Waals surface area contributed by atoms with Crippen LogP contribution < -0.4 is 0 Å². The van der Waals surface area contributed by atoms with E-state index >= 15 is 0 Å². The van der Waals surface area contributed by atoms with E-state index < -0.39 is 152 Å². The van der Waals surface area contributed by atoms with Gasteiger partial charge in [0.25, 0.3) is 0 Å². The van der Waals surface area contributed by atoms with Crippen LogP contribution in [0.3, 0.4) is 0 Å². The molecule has 0 bridgehead atoms. The first-order valence-electron chi connectivity index (χ1n) is 24.5. The van der Waals surface area contributed by atoms with E-state index in [0.29, 0.717) is 32.1 Å². The molecule has 26 unspecified atom stereocenters. The molecule has 26 atom stereocenters. The average molecular weight is 963 g/mol. The molecule has 4 saturated carbocycles. The molecule has 19 heteroatoms. The number of fused-ring (bicyclic) bond motifs is 5. The molecule has 7 rings (SSSR count). The molecule has 19 nitrogen and oxygen atoms in total. The molecule has 388 valence electrons. The predicted molar refractivity (Wildman–Crippen MR) is 235 cm³/mol. The molecule has 4 aliphatic carbocycles. The van der Waals surface area contributed by atoms with Gasteiger partial charge in [-0.15, -0.1) is 0 Å². The number of hydrogen-bond acceptors (Lipinski definition) is 19. The van der Waals surface area contributed by atoms with Gasteiger partial charge in [-0.05, 0) is 106 Å². The first kappa shape index (κ1) is 53.8. The number of allylic oxidation sites excluding steroid dienone is 2. The third kappa shape index (κ3) is 9.03. The summed E-state index contributed by atoms with van der Waals surface area (Å²) in [5.41, 5.74) is -2.11. The average Bonchev–Trinajstić information content (AvgIpc) is 3.66. The van der Waals surface area contributed by atoms with E-state index in [1.165, 1.54) is 0 Å². The second kappa shape index (κ2) is 19.8. The zero-order valence-corrected chi connectivity index (χ0v) is 40.3. The fraction of sp³-hybridized carbons (Fsp3) is 0.958. The number of aliphatic hydroxyl groups is 13. The van der Waals surface area contributed by atoms with Crippen LogP contribution in [0, 0.1) is 45.3 Å². The van der Waals surface area contributed by atoms with Gasteiger partial charge in [0, 0.05) is 11.8 Å². The Balaban J connectivity index is 1.12. The maximum absolute atomic E-state index is 12.7. The fourth-order valence-corrected chi connectivity index (χ4v) is 14.7. The Kier molecular flexibility index (Phi) is 15.9. The van der Waals surface area contributed by atoms with Crippen molar-refractivity contribution in [2.45, 2.75) is 223 Å². The van der Waals surface area contributed by atoms with Crippen molar-refractivity contribution in [3.05, 3.63) is 11.6 Å². The van der Waals surface area contributed by atoms with Crippen LogP contribution in [0.2, 0.25) is 0 Å². The molecule has 0 spiro atoms. The van der Waals surface area contributed by atoms with Crippen LogP contribution in [-0.4, -0.2) is 202 Å². The van der Waals surface area contributed by atoms with Crippen molar-refractivity contribution in [3.8, 4) is 0 Å². The van der Waals surface area contributed by atoms with Crippen LogP contribution in [-0.2, 0) is 28.4 Å². The monoisotopic (exact) mass is 963 g/mol. The second-order valence-electron chi connectivity index (χ2n) is 23.0. The summed E-state index contributed by atoms with van der Waals surface area (Å²) in [5.74, 6) is -0.834. The summed E-state index contributed by atoms with van der Waals surface area (Å²) in [7, 11) is 0. The Labute approximate surface area is 393 Å².